The zero-order valence-corrected chi connectivity index (χ0v) is 20.5. The number of carboxylic acids is 1. The molecule has 0 aromatic carbocycles. The highest BCUT2D eigenvalue weighted by molar-refractivity contribution is 5.84. The number of aliphatic carboxylic acids is 1. The van der Waals surface area contributed by atoms with E-state index in [9.17, 15) is 19.2 Å². The molecule has 0 aliphatic heterocycles. The molecule has 5 N–H and O–H groups in total. The van der Waals surface area contributed by atoms with E-state index in [4.69, 9.17) is 20.3 Å². The number of carbonyl (C=O) groups excluding carboxylic acids is 3. The van der Waals surface area contributed by atoms with E-state index in [2.05, 4.69) is 10.6 Å². The average Bonchev–Trinajstić information content (AvgIpc) is 2.67. The van der Waals surface area contributed by atoms with Crippen LogP contribution >= 0.6 is 0 Å². The molecule has 0 heterocycles. The van der Waals surface area contributed by atoms with Crippen molar-refractivity contribution in [1.82, 2.24) is 10.6 Å². The number of hydrogen-bond donors (Lipinski definition) is 4. The highest BCUT2D eigenvalue weighted by atomic mass is 16.6. The lowest BCUT2D eigenvalue weighted by Crippen LogP contribution is -2.46. The maximum absolute atomic E-state index is 11.4. The molecule has 10 nitrogen and oxygen atoms in total. The Bertz CT molecular complexity index is 562. The molecule has 0 fully saturated rings. The average molecular weight is 462 g/mol. The SMILES string of the molecule is CCCCOC(=O)N[C@@H](CCCC)C(=O)O.CCCC[C@H](NC(=O)OC(C)(C)C)C(N)=O. The van der Waals surface area contributed by atoms with Crippen molar-refractivity contribution >= 4 is 24.1 Å². The van der Waals surface area contributed by atoms with Crippen molar-refractivity contribution in [3.63, 3.8) is 0 Å². The summed E-state index contributed by atoms with van der Waals surface area (Å²) in [6.45, 7) is 11.6. The summed E-state index contributed by atoms with van der Waals surface area (Å²) in [7, 11) is 0. The summed E-state index contributed by atoms with van der Waals surface area (Å²) in [6, 6.07) is -1.48. The molecule has 0 aromatic rings. The standard InChI is InChI=1S/C11H22N2O3.C11H21NO4/c1-5-6-7-8(9(12)14)13-10(15)16-11(2,3)4;1-3-5-7-9(10(13)14)12-11(15)16-8-6-4-2/h8H,5-7H2,1-4H3,(H2,12,14)(H,13,15);9H,3-8H2,1-2H3,(H,12,15)(H,13,14)/t8-;9-/m00/s1. The second-order valence-electron chi connectivity index (χ2n) is 8.41. The molecule has 0 saturated heterocycles. The van der Waals surface area contributed by atoms with E-state index in [1.165, 1.54) is 0 Å². The first kappa shape index (κ1) is 31.7. The number of amides is 3. The van der Waals surface area contributed by atoms with E-state index >= 15 is 0 Å². The van der Waals surface area contributed by atoms with Gasteiger partial charge in [-0.15, -0.1) is 0 Å². The zero-order valence-electron chi connectivity index (χ0n) is 20.5. The lowest BCUT2D eigenvalue weighted by molar-refractivity contribution is -0.139. The van der Waals surface area contributed by atoms with Crippen molar-refractivity contribution in [3.8, 4) is 0 Å². The zero-order chi connectivity index (χ0) is 25.2. The number of unbranched alkanes of at least 4 members (excludes halogenated alkanes) is 3. The molecule has 0 rings (SSSR count). The van der Waals surface area contributed by atoms with Crippen molar-refractivity contribution in [1.29, 1.82) is 0 Å². The van der Waals surface area contributed by atoms with Crippen LogP contribution in [0.2, 0.25) is 0 Å². The second kappa shape index (κ2) is 18.1. The van der Waals surface area contributed by atoms with Crippen molar-refractivity contribution < 1.29 is 33.8 Å². The first-order chi connectivity index (χ1) is 14.9. The first-order valence-electron chi connectivity index (χ1n) is 11.3. The molecule has 0 spiro atoms. The van der Waals surface area contributed by atoms with Crippen molar-refractivity contribution in [3.05, 3.63) is 0 Å². The van der Waals surface area contributed by atoms with E-state index in [0.717, 1.165) is 38.5 Å². The summed E-state index contributed by atoms with van der Waals surface area (Å²) in [5.74, 6) is -1.54. The van der Waals surface area contributed by atoms with Gasteiger partial charge in [-0.25, -0.2) is 14.4 Å². The Balaban J connectivity index is 0. The normalized spacial score (nSPS) is 12.4. The molecule has 0 radical (unpaired) electrons. The predicted octanol–water partition coefficient (Wildman–Crippen LogP) is 3.71. The molecule has 0 aliphatic carbocycles. The molecule has 2 atom stereocenters. The van der Waals surface area contributed by atoms with Gasteiger partial charge in [0.25, 0.3) is 0 Å². The lowest BCUT2D eigenvalue weighted by Gasteiger charge is -2.22. The van der Waals surface area contributed by atoms with Crippen LogP contribution < -0.4 is 16.4 Å². The van der Waals surface area contributed by atoms with Crippen molar-refractivity contribution in [2.75, 3.05) is 6.61 Å². The van der Waals surface area contributed by atoms with Gasteiger partial charge in [0.2, 0.25) is 5.91 Å². The van der Waals surface area contributed by atoms with Gasteiger partial charge in [0.1, 0.15) is 17.7 Å². The van der Waals surface area contributed by atoms with E-state index in [-0.39, 0.29) is 0 Å². The molecular formula is C22H43N3O7. The van der Waals surface area contributed by atoms with Crippen molar-refractivity contribution in [2.45, 2.75) is 111 Å². The summed E-state index contributed by atoms with van der Waals surface area (Å²) in [5, 5.41) is 13.7. The predicted molar refractivity (Wildman–Crippen MR) is 122 cm³/mol. The van der Waals surface area contributed by atoms with E-state index in [1.807, 2.05) is 20.8 Å². The van der Waals surface area contributed by atoms with Crippen LogP contribution in [0.5, 0.6) is 0 Å². The number of nitrogens with two attached hydrogens (primary N) is 1. The summed E-state index contributed by atoms with van der Waals surface area (Å²) in [4.78, 5) is 44.5. The number of carbonyl (C=O) groups is 4. The number of ether oxygens (including phenoxy) is 2. The Labute approximate surface area is 192 Å². The Morgan fingerprint density at radius 2 is 1.31 bits per heavy atom. The van der Waals surface area contributed by atoms with Crippen LogP contribution in [-0.4, -0.2) is 53.5 Å². The van der Waals surface area contributed by atoms with Crippen LogP contribution in [0.25, 0.3) is 0 Å². The molecule has 32 heavy (non-hydrogen) atoms. The highest BCUT2D eigenvalue weighted by Gasteiger charge is 2.22. The first-order valence-corrected chi connectivity index (χ1v) is 11.3. The number of carboxylic acid groups (broad SMARTS) is 1. The molecule has 0 aliphatic rings. The van der Waals surface area contributed by atoms with Crippen LogP contribution in [0.4, 0.5) is 9.59 Å². The molecule has 0 saturated carbocycles. The smallest absolute Gasteiger partial charge is 0.408 e. The fraction of sp³-hybridized carbons (Fsp3) is 0.818. The summed E-state index contributed by atoms with van der Waals surface area (Å²) >= 11 is 0. The van der Waals surface area contributed by atoms with Gasteiger partial charge in [-0.1, -0.05) is 52.9 Å². The summed E-state index contributed by atoms with van der Waals surface area (Å²) < 4.78 is 9.87. The Kier molecular flexibility index (Phi) is 17.9. The Hall–Kier alpha value is -2.52. The highest BCUT2D eigenvalue weighted by Crippen LogP contribution is 2.08. The molecule has 10 heteroatoms. The monoisotopic (exact) mass is 461 g/mol. The summed E-state index contributed by atoms with van der Waals surface area (Å²) in [6.07, 6.45) is 4.92. The number of primary amides is 1. The maximum Gasteiger partial charge on any atom is 0.408 e. The van der Waals surface area contributed by atoms with Crippen LogP contribution in [0.15, 0.2) is 0 Å². The Morgan fingerprint density at radius 3 is 1.72 bits per heavy atom. The largest absolute Gasteiger partial charge is 0.480 e. The molecular weight excluding hydrogens is 418 g/mol. The topological polar surface area (TPSA) is 157 Å². The third-order valence-electron chi connectivity index (χ3n) is 4.05. The number of alkyl carbamates (subject to hydrolysis) is 2. The second-order valence-corrected chi connectivity index (χ2v) is 8.41. The van der Waals surface area contributed by atoms with Gasteiger partial charge in [0.05, 0.1) is 6.61 Å². The van der Waals surface area contributed by atoms with Crippen LogP contribution in [-0.2, 0) is 19.1 Å². The minimum atomic E-state index is -1.01. The molecule has 3 amide bonds. The quantitative estimate of drug-likeness (QED) is 0.304. The fourth-order valence-electron chi connectivity index (χ4n) is 2.30. The van der Waals surface area contributed by atoms with Gasteiger partial charge >= 0.3 is 18.2 Å². The van der Waals surface area contributed by atoms with Gasteiger partial charge in [-0.2, -0.15) is 0 Å². The van der Waals surface area contributed by atoms with Gasteiger partial charge < -0.3 is 30.9 Å². The number of nitrogens with one attached hydrogen (secondary N) is 2. The van der Waals surface area contributed by atoms with Crippen LogP contribution in [0.3, 0.4) is 0 Å². The van der Waals surface area contributed by atoms with Gasteiger partial charge in [-0.3, -0.25) is 4.79 Å². The number of hydrogen-bond acceptors (Lipinski definition) is 6. The van der Waals surface area contributed by atoms with E-state index in [0.29, 0.717) is 19.4 Å². The maximum atomic E-state index is 11.4. The molecule has 188 valence electrons. The van der Waals surface area contributed by atoms with E-state index in [1.54, 1.807) is 20.8 Å². The Morgan fingerprint density at radius 1 is 0.844 bits per heavy atom. The summed E-state index contributed by atoms with van der Waals surface area (Å²) in [5.41, 5.74) is 4.61. The van der Waals surface area contributed by atoms with Gasteiger partial charge in [-0.05, 0) is 40.0 Å². The van der Waals surface area contributed by atoms with E-state index < -0.39 is 41.7 Å². The molecule has 0 bridgehead atoms. The van der Waals surface area contributed by atoms with Gasteiger partial charge in [0.15, 0.2) is 0 Å². The molecule has 0 aromatic heterocycles. The third kappa shape index (κ3) is 19.4. The van der Waals surface area contributed by atoms with Crippen LogP contribution in [0, 0.1) is 0 Å². The minimum Gasteiger partial charge on any atom is -0.480 e. The lowest BCUT2D eigenvalue weighted by atomic mass is 10.1. The van der Waals surface area contributed by atoms with Gasteiger partial charge in [0, 0.05) is 0 Å². The third-order valence-corrected chi connectivity index (χ3v) is 4.05. The molecule has 0 unspecified atom stereocenters. The van der Waals surface area contributed by atoms with Crippen molar-refractivity contribution in [2.24, 2.45) is 5.73 Å². The minimum absolute atomic E-state index is 0.336. The number of rotatable bonds is 13. The fourth-order valence-corrected chi connectivity index (χ4v) is 2.30. The van der Waals surface area contributed by atoms with Crippen LogP contribution in [0.1, 0.15) is 92.9 Å².